The number of nitrogens with two attached hydrogens (primary N) is 1. The molecule has 1 aromatic heterocycles. The van der Waals surface area contributed by atoms with Crippen LogP contribution in [0.3, 0.4) is 0 Å². The van der Waals surface area contributed by atoms with Crippen LogP contribution in [0.4, 0.5) is 11.5 Å². The van der Waals surface area contributed by atoms with E-state index in [9.17, 15) is 0 Å². The number of para-hydroxylation sites is 2. The molecule has 0 aliphatic heterocycles. The molecule has 4 heteroatoms. The number of hydrogen-bond donors (Lipinski definition) is 1. The predicted molar refractivity (Wildman–Crippen MR) is 83.7 cm³/mol. The van der Waals surface area contributed by atoms with Crippen molar-refractivity contribution in [3.05, 3.63) is 48.5 Å². The van der Waals surface area contributed by atoms with E-state index < -0.39 is 0 Å². The second-order valence-corrected chi connectivity index (χ2v) is 4.87. The Balaban J connectivity index is 2.30. The van der Waals surface area contributed by atoms with Gasteiger partial charge in [-0.1, -0.05) is 24.3 Å². The van der Waals surface area contributed by atoms with Crippen molar-refractivity contribution in [1.29, 1.82) is 0 Å². The molecule has 2 N–H and O–H groups in total. The third kappa shape index (κ3) is 2.05. The van der Waals surface area contributed by atoms with Crippen LogP contribution < -0.4 is 10.6 Å². The minimum atomic E-state index is 0.658. The Kier molecular flexibility index (Phi) is 2.99. The van der Waals surface area contributed by atoms with E-state index in [0.717, 1.165) is 22.3 Å². The molecular weight excluding hydrogens is 248 g/mol. The fraction of sp³-hybridized carbons (Fsp3) is 0.125. The van der Waals surface area contributed by atoms with Crippen LogP contribution in [0, 0.1) is 0 Å². The minimum Gasteiger partial charge on any atom is -0.398 e. The highest BCUT2D eigenvalue weighted by Gasteiger charge is 2.11. The van der Waals surface area contributed by atoms with Gasteiger partial charge in [-0.05, 0) is 24.3 Å². The highest BCUT2D eigenvalue weighted by atomic mass is 15.2. The Morgan fingerprint density at radius 2 is 1.60 bits per heavy atom. The van der Waals surface area contributed by atoms with E-state index in [1.807, 2.05) is 67.5 Å². The molecule has 0 fully saturated rings. The zero-order chi connectivity index (χ0) is 14.1. The van der Waals surface area contributed by atoms with Crippen LogP contribution in [-0.2, 0) is 0 Å². The molecule has 0 amide bonds. The summed E-state index contributed by atoms with van der Waals surface area (Å²) in [6, 6.07) is 15.7. The van der Waals surface area contributed by atoms with E-state index in [4.69, 9.17) is 5.73 Å². The second-order valence-electron chi connectivity index (χ2n) is 4.87. The van der Waals surface area contributed by atoms with Crippen molar-refractivity contribution >= 4 is 22.4 Å². The van der Waals surface area contributed by atoms with Crippen LogP contribution in [-0.4, -0.2) is 24.1 Å². The monoisotopic (exact) mass is 264 g/mol. The molecule has 0 radical (unpaired) electrons. The van der Waals surface area contributed by atoms with Gasteiger partial charge in [0.1, 0.15) is 5.82 Å². The van der Waals surface area contributed by atoms with Crippen molar-refractivity contribution in [3.63, 3.8) is 0 Å². The van der Waals surface area contributed by atoms with Gasteiger partial charge in [0, 0.05) is 30.7 Å². The number of benzene rings is 2. The lowest BCUT2D eigenvalue weighted by atomic mass is 10.1. The minimum absolute atomic E-state index is 0.658. The zero-order valence-corrected chi connectivity index (χ0v) is 11.5. The van der Waals surface area contributed by atoms with Crippen LogP contribution in [0.25, 0.3) is 22.3 Å². The molecule has 0 atom stereocenters. The van der Waals surface area contributed by atoms with Crippen LogP contribution in [0.2, 0.25) is 0 Å². The van der Waals surface area contributed by atoms with Gasteiger partial charge >= 0.3 is 0 Å². The lowest BCUT2D eigenvalue weighted by Gasteiger charge is -2.15. The molecule has 100 valence electrons. The van der Waals surface area contributed by atoms with Gasteiger partial charge in [-0.15, -0.1) is 0 Å². The topological polar surface area (TPSA) is 55.0 Å². The second kappa shape index (κ2) is 4.81. The van der Waals surface area contributed by atoms with Crippen molar-refractivity contribution in [3.8, 4) is 11.4 Å². The van der Waals surface area contributed by atoms with Crippen molar-refractivity contribution in [2.45, 2.75) is 0 Å². The Morgan fingerprint density at radius 3 is 2.35 bits per heavy atom. The number of nitrogens with zero attached hydrogens (tertiary/aromatic N) is 3. The summed E-state index contributed by atoms with van der Waals surface area (Å²) >= 11 is 0. The average molecular weight is 264 g/mol. The van der Waals surface area contributed by atoms with E-state index in [-0.39, 0.29) is 0 Å². The first-order valence-corrected chi connectivity index (χ1v) is 6.46. The summed E-state index contributed by atoms with van der Waals surface area (Å²) < 4.78 is 0. The third-order valence-electron chi connectivity index (χ3n) is 3.21. The summed E-state index contributed by atoms with van der Waals surface area (Å²) in [5, 5.41) is 1.04. The molecule has 0 bridgehead atoms. The van der Waals surface area contributed by atoms with Gasteiger partial charge in [-0.3, -0.25) is 0 Å². The smallest absolute Gasteiger partial charge is 0.164 e. The van der Waals surface area contributed by atoms with Gasteiger partial charge in [-0.25, -0.2) is 9.97 Å². The number of anilines is 2. The molecule has 20 heavy (non-hydrogen) atoms. The fourth-order valence-electron chi connectivity index (χ4n) is 2.22. The summed E-state index contributed by atoms with van der Waals surface area (Å²) in [5.41, 5.74) is 8.50. The normalized spacial score (nSPS) is 10.7. The maximum atomic E-state index is 6.03. The van der Waals surface area contributed by atoms with Crippen LogP contribution in [0.15, 0.2) is 48.5 Å². The first-order chi connectivity index (χ1) is 9.66. The number of hydrogen-bond acceptors (Lipinski definition) is 4. The van der Waals surface area contributed by atoms with E-state index in [0.29, 0.717) is 11.5 Å². The fourth-order valence-corrected chi connectivity index (χ4v) is 2.22. The van der Waals surface area contributed by atoms with E-state index in [1.54, 1.807) is 0 Å². The van der Waals surface area contributed by atoms with Gasteiger partial charge in [-0.2, -0.15) is 0 Å². The van der Waals surface area contributed by atoms with E-state index >= 15 is 0 Å². The molecule has 0 aliphatic rings. The molecule has 0 saturated carbocycles. The Hall–Kier alpha value is -2.62. The van der Waals surface area contributed by atoms with E-state index in [1.165, 1.54) is 0 Å². The molecule has 3 aromatic rings. The van der Waals surface area contributed by atoms with Gasteiger partial charge in [0.2, 0.25) is 0 Å². The van der Waals surface area contributed by atoms with Gasteiger partial charge in [0.05, 0.1) is 5.52 Å². The molecule has 0 spiro atoms. The SMILES string of the molecule is CN(C)c1nc(-c2ccccc2N)nc2ccccc12. The molecule has 0 aliphatic carbocycles. The summed E-state index contributed by atoms with van der Waals surface area (Å²) in [6.45, 7) is 0. The molecule has 4 nitrogen and oxygen atoms in total. The molecule has 0 saturated heterocycles. The highest BCUT2D eigenvalue weighted by molar-refractivity contribution is 5.91. The molecule has 3 rings (SSSR count). The van der Waals surface area contributed by atoms with Crippen LogP contribution in [0.1, 0.15) is 0 Å². The zero-order valence-electron chi connectivity index (χ0n) is 11.5. The quantitative estimate of drug-likeness (QED) is 0.723. The van der Waals surface area contributed by atoms with Crippen molar-refractivity contribution < 1.29 is 0 Å². The first kappa shape index (κ1) is 12.4. The van der Waals surface area contributed by atoms with E-state index in [2.05, 4.69) is 9.97 Å². The largest absolute Gasteiger partial charge is 0.398 e. The summed E-state index contributed by atoms with van der Waals surface area (Å²) in [6.07, 6.45) is 0. The molecule has 1 heterocycles. The Morgan fingerprint density at radius 1 is 0.900 bits per heavy atom. The number of rotatable bonds is 2. The van der Waals surface area contributed by atoms with Crippen molar-refractivity contribution in [2.24, 2.45) is 0 Å². The third-order valence-corrected chi connectivity index (χ3v) is 3.21. The van der Waals surface area contributed by atoms with Crippen LogP contribution >= 0.6 is 0 Å². The maximum absolute atomic E-state index is 6.03. The summed E-state index contributed by atoms with van der Waals surface area (Å²) in [5.74, 6) is 1.55. The first-order valence-electron chi connectivity index (χ1n) is 6.46. The van der Waals surface area contributed by atoms with Gasteiger partial charge < -0.3 is 10.6 Å². The van der Waals surface area contributed by atoms with Crippen LogP contribution in [0.5, 0.6) is 0 Å². The van der Waals surface area contributed by atoms with Crippen molar-refractivity contribution in [2.75, 3.05) is 24.7 Å². The number of fused-ring (bicyclic) bond motifs is 1. The summed E-state index contributed by atoms with van der Waals surface area (Å²) in [7, 11) is 3.96. The average Bonchev–Trinajstić information content (AvgIpc) is 2.46. The van der Waals surface area contributed by atoms with Gasteiger partial charge in [0.15, 0.2) is 5.82 Å². The van der Waals surface area contributed by atoms with Crippen molar-refractivity contribution in [1.82, 2.24) is 9.97 Å². The maximum Gasteiger partial charge on any atom is 0.164 e. The number of aromatic nitrogens is 2. The molecule has 2 aromatic carbocycles. The standard InChI is InChI=1S/C16H16N4/c1-20(2)16-12-8-4-6-10-14(12)18-15(19-16)11-7-3-5-9-13(11)17/h3-10H,17H2,1-2H3. The lowest BCUT2D eigenvalue weighted by Crippen LogP contribution is -2.12. The Labute approximate surface area is 117 Å². The molecule has 0 unspecified atom stereocenters. The predicted octanol–water partition coefficient (Wildman–Crippen LogP) is 2.95. The number of nitrogen functional groups attached to an aromatic ring is 1. The van der Waals surface area contributed by atoms with Gasteiger partial charge in [0.25, 0.3) is 0 Å². The Bertz CT molecular complexity index is 765. The lowest BCUT2D eigenvalue weighted by molar-refractivity contribution is 1.07. The summed E-state index contributed by atoms with van der Waals surface area (Å²) in [4.78, 5) is 11.3. The molecular formula is C16H16N4. The highest BCUT2D eigenvalue weighted by Crippen LogP contribution is 2.28.